The molecule has 94 valence electrons. The topological polar surface area (TPSA) is 60.1 Å². The van der Waals surface area contributed by atoms with Crippen LogP contribution >= 0.6 is 11.6 Å². The van der Waals surface area contributed by atoms with Crippen molar-refractivity contribution in [1.82, 2.24) is 4.57 Å². The van der Waals surface area contributed by atoms with Gasteiger partial charge in [-0.05, 0) is 30.7 Å². The van der Waals surface area contributed by atoms with Crippen LogP contribution in [0.5, 0.6) is 0 Å². The molecule has 0 aliphatic rings. The van der Waals surface area contributed by atoms with Gasteiger partial charge in [0.05, 0.1) is 16.4 Å². The predicted molar refractivity (Wildman–Crippen MR) is 74.0 cm³/mol. The van der Waals surface area contributed by atoms with Crippen molar-refractivity contribution in [2.24, 2.45) is 7.05 Å². The van der Waals surface area contributed by atoms with Gasteiger partial charge < -0.3 is 15.6 Å². The quantitative estimate of drug-likeness (QED) is 0.875. The van der Waals surface area contributed by atoms with Gasteiger partial charge in [0, 0.05) is 13.2 Å². The molecule has 4 nitrogen and oxygen atoms in total. The third-order valence-electron chi connectivity index (χ3n) is 2.63. The van der Waals surface area contributed by atoms with Crippen molar-refractivity contribution in [2.75, 3.05) is 11.1 Å². The lowest BCUT2D eigenvalue weighted by molar-refractivity contribution is 0.101. The second-order valence-electron chi connectivity index (χ2n) is 4.21. The van der Waals surface area contributed by atoms with Crippen LogP contribution in [0.1, 0.15) is 16.1 Å². The molecule has 2 aromatic rings. The molecule has 0 radical (unpaired) electrons. The van der Waals surface area contributed by atoms with E-state index in [1.807, 2.05) is 19.1 Å². The number of anilines is 2. The van der Waals surface area contributed by atoms with E-state index in [0.717, 1.165) is 5.56 Å². The summed E-state index contributed by atoms with van der Waals surface area (Å²) in [6, 6.07) is 7.09. The number of nitrogens with zero attached hydrogens (tertiary/aromatic N) is 1. The van der Waals surface area contributed by atoms with Crippen LogP contribution in [-0.4, -0.2) is 10.5 Å². The van der Waals surface area contributed by atoms with Crippen LogP contribution < -0.4 is 11.1 Å². The first kappa shape index (κ1) is 12.5. The summed E-state index contributed by atoms with van der Waals surface area (Å²) in [5, 5.41) is 3.28. The zero-order chi connectivity index (χ0) is 13.3. The normalized spacial score (nSPS) is 10.4. The van der Waals surface area contributed by atoms with Crippen LogP contribution in [-0.2, 0) is 7.05 Å². The van der Waals surface area contributed by atoms with Gasteiger partial charge in [0.1, 0.15) is 5.69 Å². The third kappa shape index (κ3) is 2.49. The molecule has 0 atom stereocenters. The zero-order valence-electron chi connectivity index (χ0n) is 10.2. The number of benzene rings is 1. The molecule has 1 aromatic carbocycles. The highest BCUT2D eigenvalue weighted by molar-refractivity contribution is 6.33. The molecule has 1 heterocycles. The van der Waals surface area contributed by atoms with Gasteiger partial charge in [-0.1, -0.05) is 17.7 Å². The Balaban J connectivity index is 2.26. The van der Waals surface area contributed by atoms with Crippen molar-refractivity contribution in [3.05, 3.63) is 46.7 Å². The highest BCUT2D eigenvalue weighted by Gasteiger charge is 2.12. The van der Waals surface area contributed by atoms with E-state index < -0.39 is 0 Å². The van der Waals surface area contributed by atoms with E-state index in [0.29, 0.717) is 22.1 Å². The van der Waals surface area contributed by atoms with Gasteiger partial charge in [-0.25, -0.2) is 0 Å². The van der Waals surface area contributed by atoms with Crippen molar-refractivity contribution in [1.29, 1.82) is 0 Å². The maximum absolute atomic E-state index is 12.1. The van der Waals surface area contributed by atoms with Gasteiger partial charge in [-0.3, -0.25) is 4.79 Å². The lowest BCUT2D eigenvalue weighted by atomic mass is 10.2. The lowest BCUT2D eigenvalue weighted by Gasteiger charge is -2.08. The molecule has 18 heavy (non-hydrogen) atoms. The lowest BCUT2D eigenvalue weighted by Crippen LogP contribution is -2.15. The Hall–Kier alpha value is -1.94. The summed E-state index contributed by atoms with van der Waals surface area (Å²) in [4.78, 5) is 12.1. The summed E-state index contributed by atoms with van der Waals surface area (Å²) >= 11 is 6.03. The van der Waals surface area contributed by atoms with E-state index in [4.69, 9.17) is 17.3 Å². The summed E-state index contributed by atoms with van der Waals surface area (Å²) in [5.41, 5.74) is 8.31. The SMILES string of the molecule is Cc1ccc(Cl)c(NC(=O)c2cc(N)cn2C)c1. The summed E-state index contributed by atoms with van der Waals surface area (Å²) in [6.45, 7) is 1.94. The van der Waals surface area contributed by atoms with Gasteiger partial charge in [0.15, 0.2) is 0 Å². The summed E-state index contributed by atoms with van der Waals surface area (Å²) < 4.78 is 1.67. The summed E-state index contributed by atoms with van der Waals surface area (Å²) in [6.07, 6.45) is 1.69. The third-order valence-corrected chi connectivity index (χ3v) is 2.96. The Kier molecular flexibility index (Phi) is 3.30. The number of nitrogens with one attached hydrogen (secondary N) is 1. The van der Waals surface area contributed by atoms with E-state index in [-0.39, 0.29) is 5.91 Å². The van der Waals surface area contributed by atoms with Gasteiger partial charge in [-0.2, -0.15) is 0 Å². The number of carbonyl (C=O) groups excluding carboxylic acids is 1. The van der Waals surface area contributed by atoms with Crippen LogP contribution in [0.4, 0.5) is 11.4 Å². The molecular formula is C13H14ClN3O. The number of aryl methyl sites for hydroxylation is 2. The molecule has 0 saturated carbocycles. The van der Waals surface area contributed by atoms with Crippen molar-refractivity contribution in [3.8, 4) is 0 Å². The van der Waals surface area contributed by atoms with Gasteiger partial charge >= 0.3 is 0 Å². The van der Waals surface area contributed by atoms with Crippen molar-refractivity contribution >= 4 is 28.9 Å². The predicted octanol–water partition coefficient (Wildman–Crippen LogP) is 2.82. The van der Waals surface area contributed by atoms with Crippen molar-refractivity contribution < 1.29 is 4.79 Å². The Morgan fingerprint density at radius 2 is 2.11 bits per heavy atom. The number of amides is 1. The Labute approximate surface area is 110 Å². The molecule has 0 fully saturated rings. The average Bonchev–Trinajstić information content (AvgIpc) is 2.63. The number of hydrogen-bond donors (Lipinski definition) is 2. The number of nitrogen functional groups attached to an aromatic ring is 1. The van der Waals surface area contributed by atoms with Crippen LogP contribution in [0.15, 0.2) is 30.5 Å². The smallest absolute Gasteiger partial charge is 0.272 e. The first-order valence-corrected chi connectivity index (χ1v) is 5.84. The monoisotopic (exact) mass is 263 g/mol. The number of nitrogens with two attached hydrogens (primary N) is 1. The summed E-state index contributed by atoms with van der Waals surface area (Å²) in [5.74, 6) is -0.235. The highest BCUT2D eigenvalue weighted by atomic mass is 35.5. The molecule has 1 amide bonds. The minimum absolute atomic E-state index is 0.235. The average molecular weight is 264 g/mol. The molecule has 0 aliphatic heterocycles. The van der Waals surface area contributed by atoms with Crippen molar-refractivity contribution in [3.63, 3.8) is 0 Å². The minimum atomic E-state index is -0.235. The summed E-state index contributed by atoms with van der Waals surface area (Å²) in [7, 11) is 1.77. The van der Waals surface area contributed by atoms with Gasteiger partial charge in [0.25, 0.3) is 5.91 Å². The van der Waals surface area contributed by atoms with E-state index >= 15 is 0 Å². The molecule has 0 bridgehead atoms. The molecule has 0 unspecified atom stereocenters. The number of halogens is 1. The molecule has 2 rings (SSSR count). The molecule has 0 saturated heterocycles. The van der Waals surface area contributed by atoms with Crippen LogP contribution in [0.3, 0.4) is 0 Å². The second kappa shape index (κ2) is 4.74. The standard InChI is InChI=1S/C13H14ClN3O/c1-8-3-4-10(14)11(5-8)16-13(18)12-6-9(15)7-17(12)2/h3-7H,15H2,1-2H3,(H,16,18). The molecule has 0 spiro atoms. The van der Waals surface area contributed by atoms with E-state index in [2.05, 4.69) is 5.32 Å². The maximum atomic E-state index is 12.1. The van der Waals surface area contributed by atoms with Crippen LogP contribution in [0, 0.1) is 6.92 Å². The second-order valence-corrected chi connectivity index (χ2v) is 4.61. The number of rotatable bonds is 2. The largest absolute Gasteiger partial charge is 0.397 e. The molecule has 0 aliphatic carbocycles. The zero-order valence-corrected chi connectivity index (χ0v) is 11.0. The Morgan fingerprint density at radius 3 is 2.72 bits per heavy atom. The Bertz CT molecular complexity index is 604. The van der Waals surface area contributed by atoms with E-state index in [1.165, 1.54) is 0 Å². The van der Waals surface area contributed by atoms with Crippen LogP contribution in [0.2, 0.25) is 5.02 Å². The first-order valence-electron chi connectivity index (χ1n) is 5.46. The fourth-order valence-electron chi connectivity index (χ4n) is 1.74. The number of carbonyl (C=O) groups is 1. The molecule has 1 aromatic heterocycles. The minimum Gasteiger partial charge on any atom is -0.397 e. The van der Waals surface area contributed by atoms with Gasteiger partial charge in [-0.15, -0.1) is 0 Å². The van der Waals surface area contributed by atoms with E-state index in [1.54, 1.807) is 29.9 Å². The first-order chi connectivity index (χ1) is 8.47. The van der Waals surface area contributed by atoms with E-state index in [9.17, 15) is 4.79 Å². The van der Waals surface area contributed by atoms with Crippen LogP contribution in [0.25, 0.3) is 0 Å². The number of aromatic nitrogens is 1. The fourth-order valence-corrected chi connectivity index (χ4v) is 1.90. The fraction of sp³-hybridized carbons (Fsp3) is 0.154. The molecular weight excluding hydrogens is 250 g/mol. The maximum Gasteiger partial charge on any atom is 0.272 e. The van der Waals surface area contributed by atoms with Crippen molar-refractivity contribution in [2.45, 2.75) is 6.92 Å². The Morgan fingerprint density at radius 1 is 1.39 bits per heavy atom. The number of hydrogen-bond acceptors (Lipinski definition) is 2. The van der Waals surface area contributed by atoms with Gasteiger partial charge in [0.2, 0.25) is 0 Å². The molecule has 3 N–H and O–H groups in total. The molecule has 5 heteroatoms. The highest BCUT2D eigenvalue weighted by Crippen LogP contribution is 2.23.